The zero-order valence-electron chi connectivity index (χ0n) is 13.1. The molecule has 0 aliphatic carbocycles. The maximum atomic E-state index is 14.2. The standard InChI is InChI=1S/C17H14BrFN4OS/c18-11-1-2-13(19)12(6-11)10-5-15-14(21-17(25)23(15)8-10)7-16(24)22-4-3-20-9-22/h1-4,6,9-10H,5,7-8H2,(H,21,25)/t10-/m1/s1. The maximum absolute atomic E-state index is 14.2. The molecular weight excluding hydrogens is 407 g/mol. The fraction of sp³-hybridized carbons (Fsp3) is 0.235. The van der Waals surface area contributed by atoms with Crippen molar-refractivity contribution in [3.8, 4) is 0 Å². The lowest BCUT2D eigenvalue weighted by molar-refractivity contribution is 0.0912. The van der Waals surface area contributed by atoms with E-state index < -0.39 is 0 Å². The molecule has 1 aliphatic rings. The van der Waals surface area contributed by atoms with Crippen molar-refractivity contribution in [2.45, 2.75) is 25.3 Å². The number of carbonyl (C=O) groups excluding carboxylic acids is 1. The maximum Gasteiger partial charge on any atom is 0.237 e. The van der Waals surface area contributed by atoms with Gasteiger partial charge in [-0.05, 0) is 42.4 Å². The van der Waals surface area contributed by atoms with Crippen molar-refractivity contribution in [3.63, 3.8) is 0 Å². The lowest BCUT2D eigenvalue weighted by Crippen LogP contribution is -2.13. The Labute approximate surface area is 156 Å². The average molecular weight is 421 g/mol. The zero-order valence-corrected chi connectivity index (χ0v) is 15.5. The first-order valence-electron chi connectivity index (χ1n) is 7.79. The van der Waals surface area contributed by atoms with Crippen LogP contribution >= 0.6 is 28.1 Å². The van der Waals surface area contributed by atoms with Crippen molar-refractivity contribution in [3.05, 3.63) is 68.9 Å². The summed E-state index contributed by atoms with van der Waals surface area (Å²) in [6, 6.07) is 4.97. The second kappa shape index (κ2) is 6.34. The summed E-state index contributed by atoms with van der Waals surface area (Å²) in [7, 11) is 0. The Morgan fingerprint density at radius 3 is 3.08 bits per heavy atom. The molecule has 1 N–H and O–H groups in total. The molecule has 3 aromatic rings. The van der Waals surface area contributed by atoms with E-state index in [4.69, 9.17) is 12.2 Å². The predicted octanol–water partition coefficient (Wildman–Crippen LogP) is 3.87. The van der Waals surface area contributed by atoms with Crippen LogP contribution < -0.4 is 0 Å². The smallest absolute Gasteiger partial charge is 0.237 e. The van der Waals surface area contributed by atoms with E-state index in [1.165, 1.54) is 17.0 Å². The monoisotopic (exact) mass is 420 g/mol. The van der Waals surface area contributed by atoms with E-state index in [1.54, 1.807) is 18.5 Å². The van der Waals surface area contributed by atoms with Gasteiger partial charge in [-0.3, -0.25) is 9.36 Å². The van der Waals surface area contributed by atoms with Crippen LogP contribution in [0.25, 0.3) is 0 Å². The molecule has 0 saturated carbocycles. The van der Waals surface area contributed by atoms with Crippen molar-refractivity contribution < 1.29 is 9.18 Å². The Morgan fingerprint density at radius 1 is 1.48 bits per heavy atom. The normalized spacial score (nSPS) is 16.2. The number of imidazole rings is 2. The van der Waals surface area contributed by atoms with Crippen LogP contribution in [-0.4, -0.2) is 25.0 Å². The SMILES string of the molecule is O=C(Cc1[nH]c(=S)n2c1C[C@@H](c1cc(Br)ccc1F)C2)n1ccnc1. The third kappa shape index (κ3) is 3.00. The van der Waals surface area contributed by atoms with Crippen molar-refractivity contribution in [1.29, 1.82) is 0 Å². The average Bonchev–Trinajstić information content (AvgIpc) is 3.29. The molecule has 0 amide bonds. The van der Waals surface area contributed by atoms with Crippen LogP contribution in [0, 0.1) is 10.6 Å². The molecule has 0 radical (unpaired) electrons. The Hall–Kier alpha value is -2.06. The number of nitrogens with one attached hydrogen (secondary N) is 1. The topological polar surface area (TPSA) is 55.6 Å². The van der Waals surface area contributed by atoms with Crippen LogP contribution in [-0.2, 0) is 19.4 Å². The molecule has 2 aromatic heterocycles. The van der Waals surface area contributed by atoms with Crippen LogP contribution in [0.2, 0.25) is 0 Å². The van der Waals surface area contributed by atoms with Gasteiger partial charge in [0.25, 0.3) is 0 Å². The number of rotatable bonds is 3. The second-order valence-electron chi connectivity index (χ2n) is 6.07. The molecular formula is C17H14BrFN4OS. The van der Waals surface area contributed by atoms with E-state index in [9.17, 15) is 9.18 Å². The number of hydrogen-bond donors (Lipinski definition) is 1. The van der Waals surface area contributed by atoms with Gasteiger partial charge in [0.1, 0.15) is 12.1 Å². The molecule has 4 rings (SSSR count). The van der Waals surface area contributed by atoms with Crippen LogP contribution in [0.4, 0.5) is 4.39 Å². The highest BCUT2D eigenvalue weighted by atomic mass is 79.9. The number of aromatic nitrogens is 4. The van der Waals surface area contributed by atoms with Gasteiger partial charge >= 0.3 is 0 Å². The van der Waals surface area contributed by atoms with Crippen molar-refractivity contribution in [2.75, 3.05) is 0 Å². The molecule has 1 aliphatic heterocycles. The van der Waals surface area contributed by atoms with Crippen LogP contribution in [0.5, 0.6) is 0 Å². The quantitative estimate of drug-likeness (QED) is 0.654. The summed E-state index contributed by atoms with van der Waals surface area (Å²) in [5, 5.41) is 0. The first-order valence-corrected chi connectivity index (χ1v) is 8.99. The van der Waals surface area contributed by atoms with Crippen LogP contribution in [0.3, 0.4) is 0 Å². The van der Waals surface area contributed by atoms with Gasteiger partial charge in [0.2, 0.25) is 5.91 Å². The van der Waals surface area contributed by atoms with Gasteiger partial charge in [0, 0.05) is 40.7 Å². The van der Waals surface area contributed by atoms with Crippen LogP contribution in [0.15, 0.2) is 41.4 Å². The van der Waals surface area contributed by atoms with Crippen LogP contribution in [0.1, 0.15) is 27.7 Å². The summed E-state index contributed by atoms with van der Waals surface area (Å²) in [5.41, 5.74) is 2.43. The summed E-state index contributed by atoms with van der Waals surface area (Å²) in [4.78, 5) is 19.3. The fourth-order valence-corrected chi connectivity index (χ4v) is 4.02. The molecule has 25 heavy (non-hydrogen) atoms. The van der Waals surface area contributed by atoms with Gasteiger partial charge in [-0.25, -0.2) is 9.37 Å². The molecule has 1 atom stereocenters. The lowest BCUT2D eigenvalue weighted by Gasteiger charge is -2.11. The molecule has 1 aromatic carbocycles. The predicted molar refractivity (Wildman–Crippen MR) is 96.7 cm³/mol. The highest BCUT2D eigenvalue weighted by molar-refractivity contribution is 9.10. The zero-order chi connectivity index (χ0) is 17.6. The Bertz CT molecular complexity index is 1010. The third-order valence-electron chi connectivity index (χ3n) is 4.54. The van der Waals surface area contributed by atoms with Gasteiger partial charge in [-0.1, -0.05) is 15.9 Å². The number of H-pyrrole nitrogens is 1. The van der Waals surface area contributed by atoms with E-state index in [1.807, 2.05) is 10.6 Å². The molecule has 0 bridgehead atoms. The number of aromatic amines is 1. The Kier molecular flexibility index (Phi) is 4.16. The lowest BCUT2D eigenvalue weighted by atomic mass is 9.96. The molecule has 3 heterocycles. The van der Waals surface area contributed by atoms with Gasteiger partial charge in [-0.15, -0.1) is 0 Å². The third-order valence-corrected chi connectivity index (χ3v) is 5.35. The molecule has 8 heteroatoms. The second-order valence-corrected chi connectivity index (χ2v) is 7.38. The molecule has 0 unspecified atom stereocenters. The summed E-state index contributed by atoms with van der Waals surface area (Å²) in [6.07, 6.45) is 5.51. The summed E-state index contributed by atoms with van der Waals surface area (Å²) in [6.45, 7) is 0.608. The number of carbonyl (C=O) groups is 1. The first-order chi connectivity index (χ1) is 12.0. The minimum Gasteiger partial charge on any atom is -0.334 e. The van der Waals surface area contributed by atoms with Gasteiger partial charge < -0.3 is 9.55 Å². The van der Waals surface area contributed by atoms with Gasteiger partial charge in [-0.2, -0.15) is 0 Å². The van der Waals surface area contributed by atoms with Gasteiger partial charge in [0.15, 0.2) is 4.77 Å². The van der Waals surface area contributed by atoms with Crippen molar-refractivity contribution >= 4 is 34.1 Å². The Balaban J connectivity index is 1.63. The molecule has 128 valence electrons. The van der Waals surface area contributed by atoms with E-state index in [2.05, 4.69) is 25.9 Å². The minimum absolute atomic E-state index is 0.00546. The molecule has 0 fully saturated rings. The van der Waals surface area contributed by atoms with Gasteiger partial charge in [0.05, 0.1) is 6.42 Å². The highest BCUT2D eigenvalue weighted by Crippen LogP contribution is 2.34. The van der Waals surface area contributed by atoms with E-state index in [0.717, 1.165) is 15.9 Å². The number of nitrogens with zero attached hydrogens (tertiary/aromatic N) is 3. The Morgan fingerprint density at radius 2 is 2.32 bits per heavy atom. The number of benzene rings is 1. The largest absolute Gasteiger partial charge is 0.334 e. The molecule has 0 spiro atoms. The summed E-state index contributed by atoms with van der Waals surface area (Å²) in [5.74, 6) is -0.301. The van der Waals surface area contributed by atoms with E-state index in [0.29, 0.717) is 23.3 Å². The molecule has 0 saturated heterocycles. The number of fused-ring (bicyclic) bond motifs is 1. The summed E-state index contributed by atoms with van der Waals surface area (Å²) < 4.78 is 19.1. The fourth-order valence-electron chi connectivity index (χ4n) is 3.33. The minimum atomic E-state index is -0.218. The van der Waals surface area contributed by atoms with E-state index >= 15 is 0 Å². The first kappa shape index (κ1) is 16.4. The number of hydrogen-bond acceptors (Lipinski definition) is 3. The number of halogens is 2. The highest BCUT2D eigenvalue weighted by Gasteiger charge is 2.29. The van der Waals surface area contributed by atoms with Crippen molar-refractivity contribution in [1.82, 2.24) is 19.1 Å². The van der Waals surface area contributed by atoms with E-state index in [-0.39, 0.29) is 24.1 Å². The molecule has 5 nitrogen and oxygen atoms in total. The van der Waals surface area contributed by atoms with Crippen molar-refractivity contribution in [2.24, 2.45) is 0 Å². The summed E-state index contributed by atoms with van der Waals surface area (Å²) >= 11 is 8.79.